The monoisotopic (exact) mass is 428 g/mol. The normalized spacial score (nSPS) is 15.8. The SMILES string of the molecule is COc1ccc([C@@H](CNC(=O)c2oc3ccc(Cl)cc3c2C)N2CCOCC2)cc1. The van der Waals surface area contributed by atoms with Crippen LogP contribution in [-0.2, 0) is 4.74 Å². The van der Waals surface area contributed by atoms with Crippen molar-refractivity contribution in [2.45, 2.75) is 13.0 Å². The van der Waals surface area contributed by atoms with Gasteiger partial charge in [0, 0.05) is 35.6 Å². The summed E-state index contributed by atoms with van der Waals surface area (Å²) in [7, 11) is 1.65. The van der Waals surface area contributed by atoms with Crippen molar-refractivity contribution in [1.29, 1.82) is 0 Å². The standard InChI is InChI=1S/C23H25ClN2O4/c1-15-19-13-17(24)5-8-21(19)30-22(15)23(27)25-14-20(26-9-11-29-12-10-26)16-3-6-18(28-2)7-4-16/h3-8,13,20H,9-12,14H2,1-2H3,(H,25,27)/t20-/m1/s1. The molecule has 0 radical (unpaired) electrons. The highest BCUT2D eigenvalue weighted by Crippen LogP contribution is 2.28. The molecule has 0 saturated carbocycles. The van der Waals surface area contributed by atoms with Crippen molar-refractivity contribution < 1.29 is 18.7 Å². The van der Waals surface area contributed by atoms with Crippen LogP contribution < -0.4 is 10.1 Å². The molecule has 0 unspecified atom stereocenters. The topological polar surface area (TPSA) is 63.9 Å². The van der Waals surface area contributed by atoms with Gasteiger partial charge in [-0.05, 0) is 42.8 Å². The Kier molecular flexibility index (Phi) is 6.27. The van der Waals surface area contributed by atoms with E-state index < -0.39 is 0 Å². The van der Waals surface area contributed by atoms with Gasteiger partial charge in [-0.2, -0.15) is 0 Å². The summed E-state index contributed by atoms with van der Waals surface area (Å²) in [6.45, 7) is 5.33. The van der Waals surface area contributed by atoms with E-state index in [9.17, 15) is 4.79 Å². The molecule has 158 valence electrons. The van der Waals surface area contributed by atoms with Crippen molar-refractivity contribution in [1.82, 2.24) is 10.2 Å². The molecule has 3 aromatic rings. The minimum absolute atomic E-state index is 0.0304. The number of nitrogens with one attached hydrogen (secondary N) is 1. The maximum Gasteiger partial charge on any atom is 0.287 e. The average molecular weight is 429 g/mol. The number of nitrogens with zero attached hydrogens (tertiary/aromatic N) is 1. The summed E-state index contributed by atoms with van der Waals surface area (Å²) in [6.07, 6.45) is 0. The molecule has 1 aliphatic heterocycles. The Hall–Kier alpha value is -2.54. The summed E-state index contributed by atoms with van der Waals surface area (Å²) < 4.78 is 16.6. The van der Waals surface area contributed by atoms with E-state index in [1.54, 1.807) is 19.2 Å². The number of halogens is 1. The third-order valence-corrected chi connectivity index (χ3v) is 5.78. The fourth-order valence-electron chi connectivity index (χ4n) is 3.85. The number of fused-ring (bicyclic) bond motifs is 1. The van der Waals surface area contributed by atoms with Gasteiger partial charge in [0.2, 0.25) is 0 Å². The molecule has 0 spiro atoms. The van der Waals surface area contributed by atoms with Gasteiger partial charge in [-0.1, -0.05) is 23.7 Å². The lowest BCUT2D eigenvalue weighted by atomic mass is 10.0. The number of carbonyl (C=O) groups excluding carboxylic acids is 1. The van der Waals surface area contributed by atoms with Crippen LogP contribution in [0.2, 0.25) is 5.02 Å². The zero-order valence-corrected chi connectivity index (χ0v) is 17.9. The number of aryl methyl sites for hydroxylation is 1. The Morgan fingerprint density at radius 3 is 2.63 bits per heavy atom. The maximum atomic E-state index is 12.9. The van der Waals surface area contributed by atoms with Gasteiger partial charge in [0.05, 0.1) is 26.4 Å². The minimum Gasteiger partial charge on any atom is -0.497 e. The van der Waals surface area contributed by atoms with Crippen LogP contribution in [0.15, 0.2) is 46.9 Å². The number of hydrogen-bond donors (Lipinski definition) is 1. The molecule has 0 aliphatic carbocycles. The van der Waals surface area contributed by atoms with Gasteiger partial charge in [0.1, 0.15) is 11.3 Å². The average Bonchev–Trinajstić information content (AvgIpc) is 3.11. The number of amides is 1. The summed E-state index contributed by atoms with van der Waals surface area (Å²) in [5, 5.41) is 4.53. The van der Waals surface area contributed by atoms with Crippen molar-refractivity contribution in [3.8, 4) is 5.75 Å². The van der Waals surface area contributed by atoms with Crippen LogP contribution in [0, 0.1) is 6.92 Å². The van der Waals surface area contributed by atoms with Crippen LogP contribution in [-0.4, -0.2) is 50.8 Å². The van der Waals surface area contributed by atoms with Gasteiger partial charge >= 0.3 is 0 Å². The molecule has 1 amide bonds. The zero-order valence-electron chi connectivity index (χ0n) is 17.1. The molecule has 0 bridgehead atoms. The Morgan fingerprint density at radius 2 is 1.93 bits per heavy atom. The molecule has 1 fully saturated rings. The highest BCUT2D eigenvalue weighted by molar-refractivity contribution is 6.31. The second-order valence-corrected chi connectivity index (χ2v) is 7.78. The molecule has 1 N–H and O–H groups in total. The summed E-state index contributed by atoms with van der Waals surface area (Å²) in [5.41, 5.74) is 2.56. The zero-order chi connectivity index (χ0) is 21.1. The molecule has 2 heterocycles. The van der Waals surface area contributed by atoms with Gasteiger partial charge in [-0.15, -0.1) is 0 Å². The second kappa shape index (κ2) is 9.08. The Morgan fingerprint density at radius 1 is 1.20 bits per heavy atom. The number of benzene rings is 2. The van der Waals surface area contributed by atoms with Gasteiger partial charge in [0.25, 0.3) is 5.91 Å². The first-order valence-electron chi connectivity index (χ1n) is 9.99. The minimum atomic E-state index is -0.230. The lowest BCUT2D eigenvalue weighted by Crippen LogP contribution is -2.43. The van der Waals surface area contributed by atoms with Crippen LogP contribution in [0.1, 0.15) is 27.7 Å². The fourth-order valence-corrected chi connectivity index (χ4v) is 4.02. The van der Waals surface area contributed by atoms with Crippen molar-refractivity contribution in [2.24, 2.45) is 0 Å². The third kappa shape index (κ3) is 4.31. The predicted molar refractivity (Wildman–Crippen MR) is 116 cm³/mol. The van der Waals surface area contributed by atoms with Crippen molar-refractivity contribution in [3.63, 3.8) is 0 Å². The van der Waals surface area contributed by atoms with Crippen LogP contribution >= 0.6 is 11.6 Å². The quantitative estimate of drug-likeness (QED) is 0.637. The molecule has 1 atom stereocenters. The fraction of sp³-hybridized carbons (Fsp3) is 0.348. The molecule has 6 nitrogen and oxygen atoms in total. The molecule has 1 aromatic heterocycles. The number of methoxy groups -OCH3 is 1. The van der Waals surface area contributed by atoms with E-state index in [0.29, 0.717) is 36.1 Å². The van der Waals surface area contributed by atoms with Crippen molar-refractivity contribution >= 4 is 28.5 Å². The Balaban J connectivity index is 1.54. The lowest BCUT2D eigenvalue weighted by molar-refractivity contribution is 0.0161. The van der Waals surface area contributed by atoms with Crippen LogP contribution in [0.25, 0.3) is 11.0 Å². The van der Waals surface area contributed by atoms with E-state index in [1.165, 1.54) is 0 Å². The second-order valence-electron chi connectivity index (χ2n) is 7.34. The molecule has 1 aliphatic rings. The highest BCUT2D eigenvalue weighted by atomic mass is 35.5. The first kappa shape index (κ1) is 20.7. The Labute approximate surface area is 180 Å². The van der Waals surface area contributed by atoms with E-state index in [4.69, 9.17) is 25.5 Å². The van der Waals surface area contributed by atoms with E-state index in [0.717, 1.165) is 35.4 Å². The Bertz CT molecular complexity index is 1030. The molecule has 7 heteroatoms. The molecule has 1 saturated heterocycles. The van der Waals surface area contributed by atoms with Crippen LogP contribution in [0.4, 0.5) is 0 Å². The number of carbonyl (C=O) groups is 1. The first-order valence-corrected chi connectivity index (χ1v) is 10.4. The number of hydrogen-bond acceptors (Lipinski definition) is 5. The largest absolute Gasteiger partial charge is 0.497 e. The predicted octanol–water partition coefficient (Wildman–Crippen LogP) is 4.21. The molecular formula is C23H25ClN2O4. The van der Waals surface area contributed by atoms with E-state index in [-0.39, 0.29) is 11.9 Å². The molecular weight excluding hydrogens is 404 g/mol. The summed E-state index contributed by atoms with van der Waals surface area (Å²) >= 11 is 6.09. The first-order chi connectivity index (χ1) is 14.6. The van der Waals surface area contributed by atoms with Gasteiger partial charge in [-0.25, -0.2) is 0 Å². The van der Waals surface area contributed by atoms with Crippen LogP contribution in [0.3, 0.4) is 0 Å². The lowest BCUT2D eigenvalue weighted by Gasteiger charge is -2.35. The van der Waals surface area contributed by atoms with E-state index >= 15 is 0 Å². The molecule has 30 heavy (non-hydrogen) atoms. The number of morpholine rings is 1. The van der Waals surface area contributed by atoms with Crippen molar-refractivity contribution in [3.05, 3.63) is 64.4 Å². The number of furan rings is 1. The van der Waals surface area contributed by atoms with E-state index in [1.807, 2.05) is 37.3 Å². The smallest absolute Gasteiger partial charge is 0.287 e. The van der Waals surface area contributed by atoms with Crippen molar-refractivity contribution in [2.75, 3.05) is 40.0 Å². The summed E-state index contributed by atoms with van der Waals surface area (Å²) in [6, 6.07) is 13.4. The summed E-state index contributed by atoms with van der Waals surface area (Å²) in [4.78, 5) is 15.3. The van der Waals surface area contributed by atoms with E-state index in [2.05, 4.69) is 10.2 Å². The maximum absolute atomic E-state index is 12.9. The van der Waals surface area contributed by atoms with Crippen LogP contribution in [0.5, 0.6) is 5.75 Å². The van der Waals surface area contributed by atoms with Gasteiger partial charge in [0.15, 0.2) is 5.76 Å². The molecule has 4 rings (SSSR count). The summed E-state index contributed by atoms with van der Waals surface area (Å²) in [5.74, 6) is 0.898. The molecule has 2 aromatic carbocycles. The highest BCUT2D eigenvalue weighted by Gasteiger charge is 2.25. The number of rotatable bonds is 6. The third-order valence-electron chi connectivity index (χ3n) is 5.55. The van der Waals surface area contributed by atoms with Gasteiger partial charge < -0.3 is 19.2 Å². The number of ether oxygens (including phenoxy) is 2. The van der Waals surface area contributed by atoms with Gasteiger partial charge in [-0.3, -0.25) is 9.69 Å².